The standard InChI is InChI=1S/C13H16ClNO5/c1-7(2)15-11(16)6-20-12-9(13(17)18)4-8(14)5-10(12)19-3/h4-5,7H,6H2,1-3H3,(H,15,16)(H,17,18). The summed E-state index contributed by atoms with van der Waals surface area (Å²) < 4.78 is 10.3. The zero-order valence-corrected chi connectivity index (χ0v) is 12.2. The summed E-state index contributed by atoms with van der Waals surface area (Å²) in [5, 5.41) is 12.0. The Morgan fingerprint density at radius 3 is 2.55 bits per heavy atom. The fourth-order valence-corrected chi connectivity index (χ4v) is 1.74. The van der Waals surface area contributed by atoms with Gasteiger partial charge >= 0.3 is 5.97 Å². The predicted molar refractivity (Wildman–Crippen MR) is 73.7 cm³/mol. The Morgan fingerprint density at radius 2 is 2.05 bits per heavy atom. The van der Waals surface area contributed by atoms with Gasteiger partial charge in [-0.2, -0.15) is 0 Å². The van der Waals surface area contributed by atoms with E-state index >= 15 is 0 Å². The Kier molecular flexibility index (Phi) is 5.64. The van der Waals surface area contributed by atoms with Crippen molar-refractivity contribution in [2.75, 3.05) is 13.7 Å². The van der Waals surface area contributed by atoms with Crippen molar-refractivity contribution in [3.8, 4) is 11.5 Å². The lowest BCUT2D eigenvalue weighted by atomic mass is 10.2. The number of hydrogen-bond acceptors (Lipinski definition) is 4. The molecule has 0 aliphatic heterocycles. The highest BCUT2D eigenvalue weighted by molar-refractivity contribution is 6.31. The summed E-state index contributed by atoms with van der Waals surface area (Å²) >= 11 is 5.80. The SMILES string of the molecule is COc1cc(Cl)cc(C(=O)O)c1OCC(=O)NC(C)C. The molecule has 6 nitrogen and oxygen atoms in total. The zero-order valence-electron chi connectivity index (χ0n) is 11.4. The summed E-state index contributed by atoms with van der Waals surface area (Å²) in [5.74, 6) is -1.44. The van der Waals surface area contributed by atoms with Gasteiger partial charge in [-0.1, -0.05) is 11.6 Å². The van der Waals surface area contributed by atoms with Gasteiger partial charge in [-0.3, -0.25) is 4.79 Å². The van der Waals surface area contributed by atoms with Crippen molar-refractivity contribution in [1.82, 2.24) is 5.32 Å². The minimum atomic E-state index is -1.22. The largest absolute Gasteiger partial charge is 0.493 e. The highest BCUT2D eigenvalue weighted by Crippen LogP contribution is 2.34. The molecule has 0 unspecified atom stereocenters. The van der Waals surface area contributed by atoms with Gasteiger partial charge < -0.3 is 19.9 Å². The first-order chi connectivity index (χ1) is 9.35. The van der Waals surface area contributed by atoms with Gasteiger partial charge in [0.1, 0.15) is 5.56 Å². The molecule has 0 fully saturated rings. The van der Waals surface area contributed by atoms with Gasteiger partial charge in [0, 0.05) is 17.1 Å². The van der Waals surface area contributed by atoms with E-state index in [0.29, 0.717) is 0 Å². The molecule has 0 bridgehead atoms. The molecule has 0 aromatic heterocycles. The van der Waals surface area contributed by atoms with E-state index in [1.165, 1.54) is 19.2 Å². The molecule has 0 aliphatic carbocycles. The maximum absolute atomic E-state index is 11.5. The molecule has 1 amide bonds. The second-order valence-corrected chi connectivity index (χ2v) is 4.74. The molecule has 0 atom stereocenters. The lowest BCUT2D eigenvalue weighted by molar-refractivity contribution is -0.123. The molecular weight excluding hydrogens is 286 g/mol. The zero-order chi connectivity index (χ0) is 15.3. The molecule has 110 valence electrons. The number of hydrogen-bond donors (Lipinski definition) is 2. The van der Waals surface area contributed by atoms with Crippen molar-refractivity contribution < 1.29 is 24.2 Å². The average Bonchev–Trinajstić information content (AvgIpc) is 2.35. The Bertz CT molecular complexity index is 516. The highest BCUT2D eigenvalue weighted by Gasteiger charge is 2.19. The molecule has 7 heteroatoms. The van der Waals surface area contributed by atoms with E-state index in [-0.39, 0.29) is 40.6 Å². The minimum Gasteiger partial charge on any atom is -0.493 e. The normalized spacial score (nSPS) is 10.2. The molecule has 2 N–H and O–H groups in total. The summed E-state index contributed by atoms with van der Waals surface area (Å²) in [6.07, 6.45) is 0. The van der Waals surface area contributed by atoms with E-state index in [2.05, 4.69) is 5.32 Å². The molecule has 1 aromatic carbocycles. The molecule has 0 spiro atoms. The lowest BCUT2D eigenvalue weighted by Gasteiger charge is -2.14. The smallest absolute Gasteiger partial charge is 0.339 e. The van der Waals surface area contributed by atoms with Crippen molar-refractivity contribution in [1.29, 1.82) is 0 Å². The average molecular weight is 302 g/mol. The number of carbonyl (C=O) groups is 2. The Balaban J connectivity index is 2.98. The minimum absolute atomic E-state index is 0.0247. The number of ether oxygens (including phenoxy) is 2. The molecule has 1 aromatic rings. The number of nitrogens with one attached hydrogen (secondary N) is 1. The van der Waals surface area contributed by atoms with Crippen molar-refractivity contribution in [2.24, 2.45) is 0 Å². The Morgan fingerprint density at radius 1 is 1.40 bits per heavy atom. The van der Waals surface area contributed by atoms with Crippen LogP contribution in [0.5, 0.6) is 11.5 Å². The third kappa shape index (κ3) is 4.31. The fourth-order valence-electron chi connectivity index (χ4n) is 1.53. The van der Waals surface area contributed by atoms with Gasteiger partial charge in [0.25, 0.3) is 5.91 Å². The van der Waals surface area contributed by atoms with Crippen LogP contribution in [-0.4, -0.2) is 36.7 Å². The molecule has 1 rings (SSSR count). The Hall–Kier alpha value is -1.95. The molecule has 0 saturated carbocycles. The molecule has 0 heterocycles. The predicted octanol–water partition coefficient (Wildman–Crippen LogP) is 1.95. The van der Waals surface area contributed by atoms with Crippen LogP contribution in [0.15, 0.2) is 12.1 Å². The van der Waals surface area contributed by atoms with E-state index in [1.807, 2.05) is 13.8 Å². The van der Waals surface area contributed by atoms with Gasteiger partial charge in [0.2, 0.25) is 0 Å². The summed E-state index contributed by atoms with van der Waals surface area (Å²) in [4.78, 5) is 22.7. The van der Waals surface area contributed by atoms with Gasteiger partial charge in [0.15, 0.2) is 18.1 Å². The van der Waals surface area contributed by atoms with Crippen LogP contribution in [0, 0.1) is 0 Å². The fraction of sp³-hybridized carbons (Fsp3) is 0.385. The number of amides is 1. The van der Waals surface area contributed by atoms with Crippen molar-refractivity contribution in [3.63, 3.8) is 0 Å². The summed E-state index contributed by atoms with van der Waals surface area (Å²) in [5.41, 5.74) is -0.160. The maximum atomic E-state index is 11.5. The van der Waals surface area contributed by atoms with Crippen LogP contribution < -0.4 is 14.8 Å². The highest BCUT2D eigenvalue weighted by atomic mass is 35.5. The third-order valence-electron chi connectivity index (χ3n) is 2.27. The second kappa shape index (κ2) is 7.00. The van der Waals surface area contributed by atoms with Crippen LogP contribution in [-0.2, 0) is 4.79 Å². The summed E-state index contributed by atoms with van der Waals surface area (Å²) in [7, 11) is 1.36. The number of rotatable bonds is 6. The van der Waals surface area contributed by atoms with Crippen molar-refractivity contribution in [3.05, 3.63) is 22.7 Å². The van der Waals surface area contributed by atoms with E-state index in [0.717, 1.165) is 0 Å². The molecule has 0 radical (unpaired) electrons. The third-order valence-corrected chi connectivity index (χ3v) is 2.49. The number of aromatic carboxylic acids is 1. The second-order valence-electron chi connectivity index (χ2n) is 4.30. The van der Waals surface area contributed by atoms with Crippen LogP contribution in [0.25, 0.3) is 0 Å². The first-order valence-electron chi connectivity index (χ1n) is 5.88. The number of carboxylic acids is 1. The van der Waals surface area contributed by atoms with Gasteiger partial charge in [-0.15, -0.1) is 0 Å². The first kappa shape index (κ1) is 16.1. The van der Waals surface area contributed by atoms with Gasteiger partial charge in [-0.25, -0.2) is 4.79 Å². The van der Waals surface area contributed by atoms with E-state index < -0.39 is 5.97 Å². The van der Waals surface area contributed by atoms with E-state index in [9.17, 15) is 9.59 Å². The van der Waals surface area contributed by atoms with Crippen molar-refractivity contribution >= 4 is 23.5 Å². The first-order valence-corrected chi connectivity index (χ1v) is 6.26. The molecule has 0 saturated heterocycles. The van der Waals surface area contributed by atoms with Crippen LogP contribution in [0.3, 0.4) is 0 Å². The topological polar surface area (TPSA) is 84.9 Å². The number of benzene rings is 1. The maximum Gasteiger partial charge on any atom is 0.339 e. The summed E-state index contributed by atoms with van der Waals surface area (Å²) in [6.45, 7) is 3.31. The molecule has 20 heavy (non-hydrogen) atoms. The van der Waals surface area contributed by atoms with Crippen LogP contribution >= 0.6 is 11.6 Å². The monoisotopic (exact) mass is 301 g/mol. The van der Waals surface area contributed by atoms with E-state index in [1.54, 1.807) is 0 Å². The summed E-state index contributed by atoms with van der Waals surface area (Å²) in [6, 6.07) is 2.63. The van der Waals surface area contributed by atoms with Crippen LogP contribution in [0.2, 0.25) is 5.02 Å². The molecule has 0 aliphatic rings. The number of halogens is 1. The van der Waals surface area contributed by atoms with Crippen LogP contribution in [0.4, 0.5) is 0 Å². The lowest BCUT2D eigenvalue weighted by Crippen LogP contribution is -2.34. The van der Waals surface area contributed by atoms with Gasteiger partial charge in [-0.05, 0) is 19.9 Å². The van der Waals surface area contributed by atoms with Gasteiger partial charge in [0.05, 0.1) is 7.11 Å². The molecular formula is C13H16ClNO5. The van der Waals surface area contributed by atoms with Crippen LogP contribution in [0.1, 0.15) is 24.2 Å². The number of carboxylic acid groups (broad SMARTS) is 1. The quantitative estimate of drug-likeness (QED) is 0.839. The Labute approximate surface area is 121 Å². The van der Waals surface area contributed by atoms with E-state index in [4.69, 9.17) is 26.2 Å². The number of carbonyl (C=O) groups excluding carboxylic acids is 1. The number of methoxy groups -OCH3 is 1. The van der Waals surface area contributed by atoms with Crippen molar-refractivity contribution in [2.45, 2.75) is 19.9 Å².